The topological polar surface area (TPSA) is 52.7 Å². The second-order valence-corrected chi connectivity index (χ2v) is 11.4. The molecule has 1 N–H and O–H groups in total. The highest BCUT2D eigenvalue weighted by molar-refractivity contribution is 5.79. The summed E-state index contributed by atoms with van der Waals surface area (Å²) in [6, 6.07) is 9.35. The Bertz CT molecular complexity index is 825. The van der Waals surface area contributed by atoms with E-state index in [4.69, 9.17) is 0 Å². The molecule has 0 spiro atoms. The van der Waals surface area contributed by atoms with Gasteiger partial charge in [0.25, 0.3) is 0 Å². The molecule has 5 heteroatoms. The summed E-state index contributed by atoms with van der Waals surface area (Å²) in [4.78, 5) is 30.4. The Hall–Kier alpha value is -1.88. The van der Waals surface area contributed by atoms with Gasteiger partial charge in [-0.2, -0.15) is 0 Å². The van der Waals surface area contributed by atoms with E-state index in [-0.39, 0.29) is 17.9 Å². The van der Waals surface area contributed by atoms with E-state index in [9.17, 15) is 9.59 Å². The minimum atomic E-state index is 0.138. The van der Waals surface area contributed by atoms with E-state index in [1.165, 1.54) is 49.7 Å². The van der Waals surface area contributed by atoms with Crippen molar-refractivity contribution in [2.24, 2.45) is 5.92 Å². The number of nitrogens with one attached hydrogen (secondary N) is 1. The van der Waals surface area contributed by atoms with Gasteiger partial charge >= 0.3 is 0 Å². The fourth-order valence-corrected chi connectivity index (χ4v) is 6.59. The molecule has 1 unspecified atom stereocenters. The molecule has 2 saturated heterocycles. The van der Waals surface area contributed by atoms with Crippen LogP contribution in [0.2, 0.25) is 0 Å². The van der Waals surface area contributed by atoms with Crippen LogP contribution in [-0.4, -0.2) is 53.8 Å². The van der Waals surface area contributed by atoms with Crippen molar-refractivity contribution < 1.29 is 9.59 Å². The number of benzene rings is 1. The van der Waals surface area contributed by atoms with Gasteiger partial charge in [-0.15, -0.1) is 0 Å². The minimum Gasteiger partial charge on any atom is -0.349 e. The SMILES string of the molecule is CCCCCCCCCC(=O)N1CCC(N2CCC(C(=O)NC3CCCc4ccccc43)CC2)CC1. The van der Waals surface area contributed by atoms with Crippen molar-refractivity contribution in [2.45, 2.75) is 115 Å². The molecule has 2 fully saturated rings. The van der Waals surface area contributed by atoms with Crippen molar-refractivity contribution in [2.75, 3.05) is 26.2 Å². The van der Waals surface area contributed by atoms with Crippen molar-refractivity contribution in [1.29, 1.82) is 0 Å². The van der Waals surface area contributed by atoms with Gasteiger partial charge in [0, 0.05) is 31.5 Å². The first-order chi connectivity index (χ1) is 17.7. The third-order valence-electron chi connectivity index (χ3n) is 8.91. The summed E-state index contributed by atoms with van der Waals surface area (Å²) in [5.74, 6) is 0.753. The number of rotatable bonds is 11. The maximum Gasteiger partial charge on any atom is 0.223 e. The number of piperidine rings is 2. The second-order valence-electron chi connectivity index (χ2n) is 11.4. The van der Waals surface area contributed by atoms with E-state index in [1.54, 1.807) is 0 Å². The zero-order valence-corrected chi connectivity index (χ0v) is 22.7. The van der Waals surface area contributed by atoms with Gasteiger partial charge in [-0.25, -0.2) is 0 Å². The molecule has 36 heavy (non-hydrogen) atoms. The first-order valence-electron chi connectivity index (χ1n) is 15.1. The standard InChI is InChI=1S/C31H49N3O2/c1-2-3-4-5-6-7-8-16-30(35)34-23-19-27(20-24-34)33-21-17-26(18-22-33)31(36)32-29-15-11-13-25-12-9-10-14-28(25)29/h9-10,12,14,26-27,29H,2-8,11,13,15-24H2,1H3,(H,32,36). The lowest BCUT2D eigenvalue weighted by molar-refractivity contribution is -0.133. The molecule has 3 aliphatic rings. The molecule has 200 valence electrons. The first-order valence-corrected chi connectivity index (χ1v) is 15.1. The molecule has 0 saturated carbocycles. The van der Waals surface area contributed by atoms with Gasteiger partial charge in [-0.3, -0.25) is 9.59 Å². The summed E-state index contributed by atoms with van der Waals surface area (Å²) in [6.07, 6.45) is 17.0. The highest BCUT2D eigenvalue weighted by Crippen LogP contribution is 2.31. The number of nitrogens with zero attached hydrogens (tertiary/aromatic N) is 2. The van der Waals surface area contributed by atoms with E-state index in [0.29, 0.717) is 11.9 Å². The number of aryl methyl sites for hydroxylation is 1. The third kappa shape index (κ3) is 7.57. The highest BCUT2D eigenvalue weighted by atomic mass is 16.2. The molecular formula is C31H49N3O2. The zero-order valence-electron chi connectivity index (χ0n) is 22.7. The van der Waals surface area contributed by atoms with E-state index < -0.39 is 0 Å². The molecule has 0 bridgehead atoms. The first kappa shape index (κ1) is 27.2. The Balaban J connectivity index is 1.12. The molecule has 1 aliphatic carbocycles. The predicted octanol–water partition coefficient (Wildman–Crippen LogP) is 6.02. The Morgan fingerprint density at radius 2 is 1.56 bits per heavy atom. The van der Waals surface area contributed by atoms with Crippen LogP contribution in [0.5, 0.6) is 0 Å². The number of amides is 2. The van der Waals surface area contributed by atoms with Crippen molar-refractivity contribution in [3.63, 3.8) is 0 Å². The normalized spacial score (nSPS) is 21.8. The van der Waals surface area contributed by atoms with E-state index in [0.717, 1.165) is 84.0 Å². The highest BCUT2D eigenvalue weighted by Gasteiger charge is 2.32. The van der Waals surface area contributed by atoms with Crippen LogP contribution in [0.1, 0.15) is 114 Å². The van der Waals surface area contributed by atoms with Crippen LogP contribution in [0.4, 0.5) is 0 Å². The summed E-state index contributed by atoms with van der Waals surface area (Å²) in [5.41, 5.74) is 2.72. The lowest BCUT2D eigenvalue weighted by Crippen LogP contribution is -2.50. The Morgan fingerprint density at radius 3 is 2.31 bits per heavy atom. The Morgan fingerprint density at radius 1 is 0.861 bits per heavy atom. The van der Waals surface area contributed by atoms with Crippen molar-refractivity contribution >= 4 is 11.8 Å². The van der Waals surface area contributed by atoms with Crippen molar-refractivity contribution in [1.82, 2.24) is 15.1 Å². The fourth-order valence-electron chi connectivity index (χ4n) is 6.59. The number of fused-ring (bicyclic) bond motifs is 1. The predicted molar refractivity (Wildman–Crippen MR) is 147 cm³/mol. The molecule has 5 nitrogen and oxygen atoms in total. The summed E-state index contributed by atoms with van der Waals surface area (Å²) in [7, 11) is 0. The number of hydrogen-bond donors (Lipinski definition) is 1. The average Bonchev–Trinajstić information content (AvgIpc) is 2.93. The van der Waals surface area contributed by atoms with E-state index in [2.05, 4.69) is 46.3 Å². The Kier molecular flexibility index (Phi) is 10.7. The van der Waals surface area contributed by atoms with Gasteiger partial charge in [0.15, 0.2) is 0 Å². The zero-order chi connectivity index (χ0) is 25.2. The van der Waals surface area contributed by atoms with Crippen molar-refractivity contribution in [3.05, 3.63) is 35.4 Å². The van der Waals surface area contributed by atoms with E-state index >= 15 is 0 Å². The lowest BCUT2D eigenvalue weighted by Gasteiger charge is -2.41. The smallest absolute Gasteiger partial charge is 0.223 e. The van der Waals surface area contributed by atoms with Gasteiger partial charge in [0.1, 0.15) is 0 Å². The average molecular weight is 496 g/mol. The van der Waals surface area contributed by atoms with E-state index in [1.807, 2.05) is 0 Å². The molecular weight excluding hydrogens is 446 g/mol. The lowest BCUT2D eigenvalue weighted by atomic mass is 9.86. The molecule has 4 rings (SSSR count). The minimum absolute atomic E-state index is 0.138. The molecule has 2 aliphatic heterocycles. The maximum atomic E-state index is 13.1. The number of likely N-dealkylation sites (tertiary alicyclic amines) is 2. The third-order valence-corrected chi connectivity index (χ3v) is 8.91. The van der Waals surface area contributed by atoms with Crippen molar-refractivity contribution in [3.8, 4) is 0 Å². The molecule has 2 amide bonds. The quantitative estimate of drug-likeness (QED) is 0.382. The number of hydrogen-bond acceptors (Lipinski definition) is 3. The summed E-state index contributed by atoms with van der Waals surface area (Å²) >= 11 is 0. The number of carbonyl (C=O) groups excluding carboxylic acids is 2. The van der Waals surface area contributed by atoms with Gasteiger partial charge in [0.2, 0.25) is 11.8 Å². The van der Waals surface area contributed by atoms with Crippen LogP contribution in [0.25, 0.3) is 0 Å². The molecule has 0 radical (unpaired) electrons. The molecule has 1 aromatic rings. The van der Waals surface area contributed by atoms with Crippen LogP contribution in [0.15, 0.2) is 24.3 Å². The fraction of sp³-hybridized carbons (Fsp3) is 0.742. The van der Waals surface area contributed by atoms with Crippen LogP contribution >= 0.6 is 0 Å². The molecule has 2 heterocycles. The van der Waals surface area contributed by atoms with Crippen LogP contribution < -0.4 is 5.32 Å². The number of carbonyl (C=O) groups is 2. The van der Waals surface area contributed by atoms with Crippen LogP contribution in [-0.2, 0) is 16.0 Å². The number of unbranched alkanes of at least 4 members (excludes halogenated alkanes) is 6. The van der Waals surface area contributed by atoms with Crippen LogP contribution in [0.3, 0.4) is 0 Å². The van der Waals surface area contributed by atoms with Gasteiger partial charge in [-0.1, -0.05) is 69.7 Å². The molecule has 1 atom stereocenters. The molecule has 1 aromatic carbocycles. The summed E-state index contributed by atoms with van der Waals surface area (Å²) in [5, 5.41) is 3.39. The summed E-state index contributed by atoms with van der Waals surface area (Å²) < 4.78 is 0. The van der Waals surface area contributed by atoms with Crippen LogP contribution in [0, 0.1) is 5.92 Å². The van der Waals surface area contributed by atoms with Gasteiger partial charge < -0.3 is 15.1 Å². The Labute approximate surface area is 219 Å². The van der Waals surface area contributed by atoms with Gasteiger partial charge in [-0.05, 0) is 75.6 Å². The molecule has 0 aromatic heterocycles. The van der Waals surface area contributed by atoms with Gasteiger partial charge in [0.05, 0.1) is 6.04 Å². The monoisotopic (exact) mass is 495 g/mol. The summed E-state index contributed by atoms with van der Waals surface area (Å²) in [6.45, 7) is 6.08. The second kappa shape index (κ2) is 14.2. The maximum absolute atomic E-state index is 13.1. The largest absolute Gasteiger partial charge is 0.349 e.